The van der Waals surface area contributed by atoms with Gasteiger partial charge in [0.1, 0.15) is 5.01 Å². The first kappa shape index (κ1) is 14.9. The van der Waals surface area contributed by atoms with Crippen molar-refractivity contribution in [2.45, 2.75) is 65.0 Å². The van der Waals surface area contributed by atoms with E-state index >= 15 is 0 Å². The molecular weight excluding hydrogens is 256 g/mol. The van der Waals surface area contributed by atoms with Gasteiger partial charge in [0.2, 0.25) is 0 Å². The zero-order valence-corrected chi connectivity index (χ0v) is 13.4. The van der Waals surface area contributed by atoms with Crippen LogP contribution in [0.4, 0.5) is 0 Å². The molecule has 0 aliphatic carbocycles. The molecule has 19 heavy (non-hydrogen) atoms. The summed E-state index contributed by atoms with van der Waals surface area (Å²) in [6, 6.07) is 0. The molecule has 108 valence electrons. The summed E-state index contributed by atoms with van der Waals surface area (Å²) in [6.07, 6.45) is 4.56. The third kappa shape index (κ3) is 3.18. The first-order chi connectivity index (χ1) is 9.11. The van der Waals surface area contributed by atoms with Crippen molar-refractivity contribution < 1.29 is 4.74 Å². The summed E-state index contributed by atoms with van der Waals surface area (Å²) < 4.78 is 5.73. The Bertz CT molecular complexity index is 418. The van der Waals surface area contributed by atoms with Crippen LogP contribution in [0, 0.1) is 6.92 Å². The number of nitrogens with zero attached hydrogens (tertiary/aromatic N) is 1. The predicted molar refractivity (Wildman–Crippen MR) is 80.8 cm³/mol. The van der Waals surface area contributed by atoms with Gasteiger partial charge in [-0.15, -0.1) is 11.3 Å². The van der Waals surface area contributed by atoms with E-state index in [1.165, 1.54) is 15.6 Å². The average molecular weight is 282 g/mol. The summed E-state index contributed by atoms with van der Waals surface area (Å²) in [5.41, 5.74) is 1.30. The van der Waals surface area contributed by atoms with Gasteiger partial charge in [-0.3, -0.25) is 0 Å². The van der Waals surface area contributed by atoms with E-state index in [1.807, 2.05) is 11.3 Å². The fraction of sp³-hybridized carbons (Fsp3) is 0.800. The molecule has 2 atom stereocenters. The van der Waals surface area contributed by atoms with Gasteiger partial charge in [0.15, 0.2) is 0 Å². The molecule has 0 spiro atoms. The van der Waals surface area contributed by atoms with E-state index in [0.29, 0.717) is 6.10 Å². The quantitative estimate of drug-likeness (QED) is 0.898. The van der Waals surface area contributed by atoms with Gasteiger partial charge in [-0.05, 0) is 46.1 Å². The number of aryl methyl sites for hydroxylation is 2. The lowest BCUT2D eigenvalue weighted by Gasteiger charge is -2.39. The molecule has 1 aromatic rings. The third-order valence-electron chi connectivity index (χ3n) is 3.92. The summed E-state index contributed by atoms with van der Waals surface area (Å²) in [5.74, 6) is 0. The van der Waals surface area contributed by atoms with Gasteiger partial charge in [-0.1, -0.05) is 13.8 Å². The summed E-state index contributed by atoms with van der Waals surface area (Å²) in [4.78, 5) is 6.28. The molecule has 0 amide bonds. The molecule has 1 saturated heterocycles. The monoisotopic (exact) mass is 282 g/mol. The maximum absolute atomic E-state index is 5.73. The van der Waals surface area contributed by atoms with Gasteiger partial charge >= 0.3 is 0 Å². The molecule has 1 aliphatic rings. The molecule has 1 N–H and O–H groups in total. The highest BCUT2D eigenvalue weighted by Gasteiger charge is 2.39. The Hall–Kier alpha value is -0.450. The predicted octanol–water partition coefficient (Wildman–Crippen LogP) is 3.41. The Balaban J connectivity index is 2.29. The second-order valence-corrected chi connectivity index (χ2v) is 6.72. The Kier molecular flexibility index (Phi) is 4.98. The van der Waals surface area contributed by atoms with Crippen molar-refractivity contribution in [1.82, 2.24) is 10.3 Å². The number of ether oxygens (including phenoxy) is 1. The van der Waals surface area contributed by atoms with Gasteiger partial charge in [-0.2, -0.15) is 0 Å². The number of thiazole rings is 1. The van der Waals surface area contributed by atoms with Crippen molar-refractivity contribution in [3.63, 3.8) is 0 Å². The molecule has 0 radical (unpaired) electrons. The smallest absolute Gasteiger partial charge is 0.113 e. The normalized spacial score (nSPS) is 27.7. The van der Waals surface area contributed by atoms with E-state index in [1.54, 1.807) is 0 Å². The molecule has 0 bridgehead atoms. The fourth-order valence-electron chi connectivity index (χ4n) is 2.84. The maximum atomic E-state index is 5.73. The molecule has 1 fully saturated rings. The van der Waals surface area contributed by atoms with Crippen molar-refractivity contribution in [1.29, 1.82) is 0 Å². The Morgan fingerprint density at radius 1 is 1.47 bits per heavy atom. The summed E-state index contributed by atoms with van der Waals surface area (Å²) >= 11 is 1.87. The van der Waals surface area contributed by atoms with E-state index in [2.05, 4.69) is 33.0 Å². The largest absolute Gasteiger partial charge is 0.378 e. The molecule has 3 nitrogen and oxygen atoms in total. The van der Waals surface area contributed by atoms with Crippen LogP contribution in [0.5, 0.6) is 0 Å². The maximum Gasteiger partial charge on any atom is 0.113 e. The molecule has 1 aromatic heterocycles. The second-order valence-electron chi connectivity index (χ2n) is 5.52. The van der Waals surface area contributed by atoms with Gasteiger partial charge < -0.3 is 10.1 Å². The number of rotatable bonds is 5. The first-order valence-corrected chi connectivity index (χ1v) is 8.26. The fourth-order valence-corrected chi connectivity index (χ4v) is 4.05. The third-order valence-corrected chi connectivity index (χ3v) is 5.13. The van der Waals surface area contributed by atoms with Crippen molar-refractivity contribution >= 4 is 11.3 Å². The number of aromatic nitrogens is 1. The van der Waals surface area contributed by atoms with Gasteiger partial charge in [-0.25, -0.2) is 4.98 Å². The van der Waals surface area contributed by atoms with Gasteiger partial charge in [0, 0.05) is 11.5 Å². The lowest BCUT2D eigenvalue weighted by Crippen LogP contribution is -2.49. The van der Waals surface area contributed by atoms with Crippen molar-refractivity contribution in [3.05, 3.63) is 15.6 Å². The van der Waals surface area contributed by atoms with Crippen LogP contribution in [0.3, 0.4) is 0 Å². The molecule has 2 rings (SSSR count). The van der Waals surface area contributed by atoms with Crippen LogP contribution in [0.2, 0.25) is 0 Å². The Labute approximate surface area is 120 Å². The molecule has 0 saturated carbocycles. The summed E-state index contributed by atoms with van der Waals surface area (Å²) in [7, 11) is 0. The van der Waals surface area contributed by atoms with Crippen LogP contribution in [-0.2, 0) is 16.7 Å². The number of nitrogens with one attached hydrogen (secondary N) is 1. The molecule has 2 heterocycles. The topological polar surface area (TPSA) is 34.2 Å². The Morgan fingerprint density at radius 3 is 2.84 bits per heavy atom. The standard InChI is InChI=1S/C15H26N2OS/c1-5-8-16-15(7-9-18-11(3)10-15)14-17-13(6-2)12(4)19-14/h11,16H,5-10H2,1-4H3. The van der Waals surface area contributed by atoms with E-state index in [4.69, 9.17) is 9.72 Å². The molecular formula is C15H26N2OS. The zero-order chi connectivity index (χ0) is 13.9. The highest BCUT2D eigenvalue weighted by atomic mass is 32.1. The molecule has 2 unspecified atom stereocenters. The minimum atomic E-state index is 0.0382. The SMILES string of the molecule is CCCNC1(c2nc(CC)c(C)s2)CCOC(C)C1. The molecule has 0 aromatic carbocycles. The van der Waals surface area contributed by atoms with E-state index in [9.17, 15) is 0 Å². The Morgan fingerprint density at radius 2 is 2.26 bits per heavy atom. The van der Waals surface area contributed by atoms with E-state index in [-0.39, 0.29) is 5.54 Å². The first-order valence-electron chi connectivity index (χ1n) is 7.44. The average Bonchev–Trinajstić information content (AvgIpc) is 2.78. The lowest BCUT2D eigenvalue weighted by atomic mass is 9.87. The molecule has 4 heteroatoms. The van der Waals surface area contributed by atoms with Gasteiger partial charge in [0.25, 0.3) is 0 Å². The lowest BCUT2D eigenvalue weighted by molar-refractivity contribution is -0.0206. The number of hydrogen-bond donors (Lipinski definition) is 1. The van der Waals surface area contributed by atoms with Crippen LogP contribution in [0.25, 0.3) is 0 Å². The second kappa shape index (κ2) is 6.33. The summed E-state index contributed by atoms with van der Waals surface area (Å²) in [6.45, 7) is 10.6. The van der Waals surface area contributed by atoms with Crippen molar-refractivity contribution in [3.8, 4) is 0 Å². The minimum absolute atomic E-state index is 0.0382. The molecule has 1 aliphatic heterocycles. The van der Waals surface area contributed by atoms with Crippen LogP contribution in [0.15, 0.2) is 0 Å². The van der Waals surface area contributed by atoms with Crippen LogP contribution in [0.1, 0.15) is 55.6 Å². The highest BCUT2D eigenvalue weighted by molar-refractivity contribution is 7.11. The minimum Gasteiger partial charge on any atom is -0.378 e. The summed E-state index contributed by atoms with van der Waals surface area (Å²) in [5, 5.41) is 5.03. The van der Waals surface area contributed by atoms with Crippen molar-refractivity contribution in [2.24, 2.45) is 0 Å². The number of hydrogen-bond acceptors (Lipinski definition) is 4. The van der Waals surface area contributed by atoms with Crippen molar-refractivity contribution in [2.75, 3.05) is 13.2 Å². The van der Waals surface area contributed by atoms with E-state index in [0.717, 1.165) is 38.8 Å². The van der Waals surface area contributed by atoms with E-state index < -0.39 is 0 Å². The highest BCUT2D eigenvalue weighted by Crippen LogP contribution is 2.38. The zero-order valence-electron chi connectivity index (χ0n) is 12.6. The van der Waals surface area contributed by atoms with Crippen LogP contribution < -0.4 is 5.32 Å². The van der Waals surface area contributed by atoms with Gasteiger partial charge in [0.05, 0.1) is 17.3 Å². The van der Waals surface area contributed by atoms with Crippen LogP contribution in [-0.4, -0.2) is 24.2 Å². The van der Waals surface area contributed by atoms with Crippen LogP contribution >= 0.6 is 11.3 Å².